The first-order valence-electron chi connectivity index (χ1n) is 5.97. The lowest BCUT2D eigenvalue weighted by Gasteiger charge is -2.20. The highest BCUT2D eigenvalue weighted by Gasteiger charge is 2.19. The molecule has 1 aromatic heterocycles. The Labute approximate surface area is 108 Å². The Kier molecular flexibility index (Phi) is 3.67. The molecule has 0 radical (unpaired) electrons. The van der Waals surface area contributed by atoms with Gasteiger partial charge in [0.25, 0.3) is 0 Å². The van der Waals surface area contributed by atoms with E-state index >= 15 is 0 Å². The molecule has 1 aromatic carbocycles. The molecule has 0 bridgehead atoms. The van der Waals surface area contributed by atoms with Crippen molar-refractivity contribution < 1.29 is 4.74 Å². The predicted octanol–water partition coefficient (Wildman–Crippen LogP) is 2.05. The normalized spacial score (nSPS) is 12.4. The second-order valence-corrected chi connectivity index (χ2v) is 4.35. The summed E-state index contributed by atoms with van der Waals surface area (Å²) in [7, 11) is 5.59. The molecule has 2 rings (SSSR count). The molecule has 96 valence electrons. The zero-order valence-electron chi connectivity index (χ0n) is 11.3. The first-order valence-corrected chi connectivity index (χ1v) is 5.97. The van der Waals surface area contributed by atoms with Crippen LogP contribution < -0.4 is 10.1 Å². The Balaban J connectivity index is 2.51. The van der Waals surface area contributed by atoms with Gasteiger partial charge in [0.2, 0.25) is 0 Å². The van der Waals surface area contributed by atoms with Crippen LogP contribution in [0.3, 0.4) is 0 Å². The molecule has 1 unspecified atom stereocenters. The van der Waals surface area contributed by atoms with Gasteiger partial charge < -0.3 is 10.1 Å². The van der Waals surface area contributed by atoms with E-state index in [2.05, 4.69) is 29.5 Å². The second-order valence-electron chi connectivity index (χ2n) is 4.35. The minimum absolute atomic E-state index is 0.0762. The molecular formula is C14H19N3O. The van der Waals surface area contributed by atoms with Crippen molar-refractivity contribution in [2.75, 3.05) is 14.2 Å². The van der Waals surface area contributed by atoms with Crippen LogP contribution in [0, 0.1) is 6.92 Å². The molecular weight excluding hydrogens is 226 g/mol. The average Bonchev–Trinajstić information content (AvgIpc) is 2.77. The number of benzene rings is 1. The summed E-state index contributed by atoms with van der Waals surface area (Å²) in [6, 6.07) is 8.30. The van der Waals surface area contributed by atoms with Crippen molar-refractivity contribution in [1.82, 2.24) is 15.1 Å². The van der Waals surface area contributed by atoms with Crippen LogP contribution in [0.4, 0.5) is 0 Å². The Morgan fingerprint density at radius 2 is 2.11 bits per heavy atom. The van der Waals surface area contributed by atoms with E-state index in [-0.39, 0.29) is 6.04 Å². The zero-order chi connectivity index (χ0) is 13.1. The molecule has 0 spiro atoms. The Hall–Kier alpha value is -1.81. The summed E-state index contributed by atoms with van der Waals surface area (Å²) in [6.07, 6.45) is 1.81. The van der Waals surface area contributed by atoms with Crippen LogP contribution >= 0.6 is 0 Å². The van der Waals surface area contributed by atoms with Gasteiger partial charge in [-0.2, -0.15) is 5.10 Å². The fourth-order valence-corrected chi connectivity index (χ4v) is 2.21. The van der Waals surface area contributed by atoms with Gasteiger partial charge in [-0.1, -0.05) is 17.7 Å². The molecule has 0 fully saturated rings. The molecule has 0 saturated carbocycles. The molecule has 4 heteroatoms. The van der Waals surface area contributed by atoms with E-state index < -0.39 is 0 Å². The third-order valence-electron chi connectivity index (χ3n) is 3.14. The molecule has 0 saturated heterocycles. The van der Waals surface area contributed by atoms with Crippen LogP contribution in [0.1, 0.15) is 22.9 Å². The maximum Gasteiger partial charge on any atom is 0.124 e. The molecule has 0 amide bonds. The second kappa shape index (κ2) is 5.23. The molecule has 0 aliphatic carbocycles. The van der Waals surface area contributed by atoms with E-state index in [1.807, 2.05) is 37.1 Å². The topological polar surface area (TPSA) is 39.1 Å². The van der Waals surface area contributed by atoms with Gasteiger partial charge in [0, 0.05) is 18.8 Å². The van der Waals surface area contributed by atoms with Gasteiger partial charge in [-0.05, 0) is 26.1 Å². The van der Waals surface area contributed by atoms with Crippen LogP contribution in [0.2, 0.25) is 0 Å². The predicted molar refractivity (Wildman–Crippen MR) is 71.8 cm³/mol. The SMILES string of the molecule is CNC(c1cc(C)ccc1OC)c1ccnn1C. The van der Waals surface area contributed by atoms with Gasteiger partial charge in [0.05, 0.1) is 18.8 Å². The largest absolute Gasteiger partial charge is 0.496 e. The van der Waals surface area contributed by atoms with Gasteiger partial charge in [-0.3, -0.25) is 4.68 Å². The summed E-state index contributed by atoms with van der Waals surface area (Å²) in [6.45, 7) is 2.08. The van der Waals surface area contributed by atoms with E-state index in [1.165, 1.54) is 5.56 Å². The maximum atomic E-state index is 5.45. The van der Waals surface area contributed by atoms with Crippen LogP contribution in [-0.4, -0.2) is 23.9 Å². The summed E-state index contributed by atoms with van der Waals surface area (Å²) in [5, 5.41) is 7.55. The summed E-state index contributed by atoms with van der Waals surface area (Å²) in [5.41, 5.74) is 3.46. The molecule has 4 nitrogen and oxygen atoms in total. The number of aromatic nitrogens is 2. The minimum Gasteiger partial charge on any atom is -0.496 e. The highest BCUT2D eigenvalue weighted by atomic mass is 16.5. The number of hydrogen-bond acceptors (Lipinski definition) is 3. The number of nitrogens with one attached hydrogen (secondary N) is 1. The molecule has 1 heterocycles. The zero-order valence-corrected chi connectivity index (χ0v) is 11.3. The van der Waals surface area contributed by atoms with Crippen molar-refractivity contribution in [3.63, 3.8) is 0 Å². The number of hydrogen-bond donors (Lipinski definition) is 1. The lowest BCUT2D eigenvalue weighted by molar-refractivity contribution is 0.404. The highest BCUT2D eigenvalue weighted by Crippen LogP contribution is 2.30. The molecule has 1 atom stereocenters. The molecule has 0 aliphatic rings. The van der Waals surface area contributed by atoms with Gasteiger partial charge >= 0.3 is 0 Å². The third-order valence-corrected chi connectivity index (χ3v) is 3.14. The average molecular weight is 245 g/mol. The van der Waals surface area contributed by atoms with E-state index in [0.29, 0.717) is 0 Å². The first-order chi connectivity index (χ1) is 8.67. The van der Waals surface area contributed by atoms with Gasteiger partial charge in [0.1, 0.15) is 5.75 Å². The smallest absolute Gasteiger partial charge is 0.124 e. The molecule has 2 aromatic rings. The molecule has 18 heavy (non-hydrogen) atoms. The standard InChI is InChI=1S/C14H19N3O/c1-10-5-6-13(18-4)11(9-10)14(15-2)12-7-8-16-17(12)3/h5-9,14-15H,1-4H3. The van der Waals surface area contributed by atoms with E-state index in [0.717, 1.165) is 17.0 Å². The quantitative estimate of drug-likeness (QED) is 0.896. The monoisotopic (exact) mass is 245 g/mol. The van der Waals surface area contributed by atoms with E-state index in [4.69, 9.17) is 4.74 Å². The highest BCUT2D eigenvalue weighted by molar-refractivity contribution is 5.42. The summed E-state index contributed by atoms with van der Waals surface area (Å²) in [5.74, 6) is 0.890. The number of aryl methyl sites for hydroxylation is 2. The van der Waals surface area contributed by atoms with Crippen LogP contribution in [0.5, 0.6) is 5.75 Å². The number of methoxy groups -OCH3 is 1. The van der Waals surface area contributed by atoms with Crippen molar-refractivity contribution in [1.29, 1.82) is 0 Å². The van der Waals surface area contributed by atoms with Crippen molar-refractivity contribution in [2.24, 2.45) is 7.05 Å². The minimum atomic E-state index is 0.0762. The summed E-state index contributed by atoms with van der Waals surface area (Å²) < 4.78 is 7.33. The van der Waals surface area contributed by atoms with Crippen molar-refractivity contribution >= 4 is 0 Å². The number of ether oxygens (including phenoxy) is 1. The lowest BCUT2D eigenvalue weighted by atomic mass is 10.0. The van der Waals surface area contributed by atoms with Gasteiger partial charge in [-0.15, -0.1) is 0 Å². The van der Waals surface area contributed by atoms with Crippen LogP contribution in [0.25, 0.3) is 0 Å². The first kappa shape index (κ1) is 12.6. The molecule has 0 aliphatic heterocycles. The summed E-state index contributed by atoms with van der Waals surface area (Å²) >= 11 is 0. The van der Waals surface area contributed by atoms with Gasteiger partial charge in [0.15, 0.2) is 0 Å². The van der Waals surface area contributed by atoms with Crippen LogP contribution in [0.15, 0.2) is 30.5 Å². The fourth-order valence-electron chi connectivity index (χ4n) is 2.21. The number of rotatable bonds is 4. The lowest BCUT2D eigenvalue weighted by Crippen LogP contribution is -2.21. The fraction of sp³-hybridized carbons (Fsp3) is 0.357. The summed E-state index contributed by atoms with van der Waals surface area (Å²) in [4.78, 5) is 0. The van der Waals surface area contributed by atoms with Crippen molar-refractivity contribution in [2.45, 2.75) is 13.0 Å². The van der Waals surface area contributed by atoms with Crippen molar-refractivity contribution in [3.05, 3.63) is 47.3 Å². The Morgan fingerprint density at radius 3 is 2.67 bits per heavy atom. The van der Waals surface area contributed by atoms with E-state index in [1.54, 1.807) is 7.11 Å². The Bertz CT molecular complexity index is 534. The number of nitrogens with zero attached hydrogens (tertiary/aromatic N) is 2. The van der Waals surface area contributed by atoms with Gasteiger partial charge in [-0.25, -0.2) is 0 Å². The third kappa shape index (κ3) is 2.24. The Morgan fingerprint density at radius 1 is 1.33 bits per heavy atom. The molecule has 1 N–H and O–H groups in total. The van der Waals surface area contributed by atoms with Crippen molar-refractivity contribution in [3.8, 4) is 5.75 Å². The maximum absolute atomic E-state index is 5.45. The van der Waals surface area contributed by atoms with Crippen LogP contribution in [-0.2, 0) is 7.05 Å². The van der Waals surface area contributed by atoms with E-state index in [9.17, 15) is 0 Å².